The van der Waals surface area contributed by atoms with Gasteiger partial charge in [-0.3, -0.25) is 0 Å². The quantitative estimate of drug-likeness (QED) is 0.938. The van der Waals surface area contributed by atoms with Gasteiger partial charge in [0.15, 0.2) is 0 Å². The van der Waals surface area contributed by atoms with E-state index in [1.807, 2.05) is 0 Å². The molecular formula is C18H23N3O. The summed E-state index contributed by atoms with van der Waals surface area (Å²) in [4.78, 5) is 0. The second kappa shape index (κ2) is 5.76. The maximum atomic E-state index is 5.29. The molecule has 1 aliphatic carbocycles. The molecule has 4 nitrogen and oxygen atoms in total. The molecule has 1 aliphatic heterocycles. The molecule has 4 heteroatoms. The lowest BCUT2D eigenvalue weighted by atomic mass is 9.80. The third kappa shape index (κ3) is 2.52. The molecule has 22 heavy (non-hydrogen) atoms. The Kier molecular flexibility index (Phi) is 3.62. The summed E-state index contributed by atoms with van der Waals surface area (Å²) in [6.07, 6.45) is 7.66. The first-order valence-corrected chi connectivity index (χ1v) is 8.34. The van der Waals surface area contributed by atoms with Crippen LogP contribution >= 0.6 is 0 Å². The fraction of sp³-hybridized carbons (Fsp3) is 0.500. The molecule has 1 unspecified atom stereocenters. The van der Waals surface area contributed by atoms with Crippen LogP contribution in [0.5, 0.6) is 0 Å². The van der Waals surface area contributed by atoms with Crippen molar-refractivity contribution in [2.24, 2.45) is 0 Å². The van der Waals surface area contributed by atoms with Crippen LogP contribution in [0.2, 0.25) is 0 Å². The van der Waals surface area contributed by atoms with Crippen molar-refractivity contribution in [3.8, 4) is 0 Å². The summed E-state index contributed by atoms with van der Waals surface area (Å²) in [7, 11) is 0. The molecule has 0 spiro atoms. The molecule has 0 bridgehead atoms. The van der Waals surface area contributed by atoms with E-state index in [9.17, 15) is 0 Å². The van der Waals surface area contributed by atoms with Crippen molar-refractivity contribution in [1.29, 1.82) is 0 Å². The number of nitrogens with one attached hydrogen (secondary N) is 1. The van der Waals surface area contributed by atoms with Gasteiger partial charge in [0.1, 0.15) is 17.6 Å². The van der Waals surface area contributed by atoms with Gasteiger partial charge in [-0.1, -0.05) is 23.4 Å². The summed E-state index contributed by atoms with van der Waals surface area (Å²) in [6.45, 7) is 4.43. The number of benzene rings is 1. The van der Waals surface area contributed by atoms with Crippen LogP contribution in [0.4, 0.5) is 5.69 Å². The highest BCUT2D eigenvalue weighted by atomic mass is 16.5. The number of anilines is 1. The van der Waals surface area contributed by atoms with Crippen LogP contribution in [0.3, 0.4) is 0 Å². The van der Waals surface area contributed by atoms with Gasteiger partial charge in [0.05, 0.1) is 0 Å². The summed E-state index contributed by atoms with van der Waals surface area (Å²) < 4.78 is 5.29. The van der Waals surface area contributed by atoms with Gasteiger partial charge in [0, 0.05) is 19.0 Å². The molecule has 1 aromatic heterocycles. The van der Waals surface area contributed by atoms with Gasteiger partial charge in [0.25, 0.3) is 0 Å². The lowest BCUT2D eigenvalue weighted by Crippen LogP contribution is -2.27. The molecule has 1 atom stereocenters. The highest BCUT2D eigenvalue weighted by molar-refractivity contribution is 5.48. The Bertz CT molecular complexity index is 658. The van der Waals surface area contributed by atoms with Crippen LogP contribution in [0.15, 0.2) is 29.0 Å². The first-order valence-electron chi connectivity index (χ1n) is 8.34. The first kappa shape index (κ1) is 13.8. The molecule has 1 fully saturated rings. The maximum Gasteiger partial charge on any atom is 0.148 e. The molecule has 2 aliphatic rings. The Morgan fingerprint density at radius 2 is 2.14 bits per heavy atom. The molecule has 1 aromatic carbocycles. The monoisotopic (exact) mass is 297 g/mol. The Morgan fingerprint density at radius 3 is 3.00 bits per heavy atom. The number of hydrogen-bond acceptors (Lipinski definition) is 4. The minimum Gasteiger partial charge on any atom is -0.362 e. The minimum atomic E-state index is 0.456. The molecule has 1 N–H and O–H groups in total. The van der Waals surface area contributed by atoms with Crippen LogP contribution in [-0.4, -0.2) is 23.3 Å². The van der Waals surface area contributed by atoms with Gasteiger partial charge in [-0.15, -0.1) is 0 Å². The number of nitrogens with zero attached hydrogens (tertiary/aromatic N) is 2. The molecule has 1 saturated heterocycles. The summed E-state index contributed by atoms with van der Waals surface area (Å²) in [6, 6.07) is 6.66. The number of fused-ring (bicyclic) bond motifs is 1. The van der Waals surface area contributed by atoms with Crippen LogP contribution < -0.4 is 5.43 Å². The van der Waals surface area contributed by atoms with Crippen molar-refractivity contribution in [3.05, 3.63) is 46.8 Å². The molecule has 0 saturated carbocycles. The molecule has 0 radical (unpaired) electrons. The van der Waals surface area contributed by atoms with Crippen molar-refractivity contribution < 1.29 is 4.52 Å². The second-order valence-corrected chi connectivity index (χ2v) is 6.57. The fourth-order valence-corrected chi connectivity index (χ4v) is 3.82. The summed E-state index contributed by atoms with van der Waals surface area (Å²) in [5.74, 6) is 0.456. The van der Waals surface area contributed by atoms with Crippen LogP contribution in [-0.2, 0) is 12.8 Å². The van der Waals surface area contributed by atoms with Crippen molar-refractivity contribution in [3.63, 3.8) is 0 Å². The van der Waals surface area contributed by atoms with E-state index in [4.69, 9.17) is 4.52 Å². The Labute approximate surface area is 131 Å². The predicted molar refractivity (Wildman–Crippen MR) is 86.9 cm³/mol. The number of rotatable bonds is 3. The number of hydrazine groups is 1. The molecule has 0 amide bonds. The van der Waals surface area contributed by atoms with E-state index in [1.165, 1.54) is 29.5 Å². The first-order chi connectivity index (χ1) is 10.8. The average Bonchev–Trinajstić information content (AvgIpc) is 3.20. The molecule has 4 rings (SSSR count). The summed E-state index contributed by atoms with van der Waals surface area (Å²) >= 11 is 0. The third-order valence-corrected chi connectivity index (χ3v) is 5.09. The number of hydrogen-bond donors (Lipinski definition) is 1. The molecule has 2 aromatic rings. The highest BCUT2D eigenvalue weighted by Gasteiger charge is 2.26. The maximum absolute atomic E-state index is 5.29. The summed E-state index contributed by atoms with van der Waals surface area (Å²) in [5, 5.41) is 6.60. The van der Waals surface area contributed by atoms with Crippen LogP contribution in [0, 0.1) is 6.92 Å². The van der Waals surface area contributed by atoms with Gasteiger partial charge in [-0.2, -0.15) is 0 Å². The minimum absolute atomic E-state index is 0.456. The van der Waals surface area contributed by atoms with E-state index >= 15 is 0 Å². The lowest BCUT2D eigenvalue weighted by Gasteiger charge is -2.26. The van der Waals surface area contributed by atoms with E-state index < -0.39 is 0 Å². The van der Waals surface area contributed by atoms with Crippen molar-refractivity contribution in [2.75, 3.05) is 18.5 Å². The van der Waals surface area contributed by atoms with Gasteiger partial charge in [-0.25, -0.2) is 5.01 Å². The zero-order valence-electron chi connectivity index (χ0n) is 13.1. The SMILES string of the molecule is Cc1cccc2c1CC(c1nocc1NN1CCCC1)CC2. The normalized spacial score (nSPS) is 21.8. The van der Waals surface area contributed by atoms with E-state index in [1.54, 1.807) is 6.26 Å². The highest BCUT2D eigenvalue weighted by Crippen LogP contribution is 2.36. The van der Waals surface area contributed by atoms with Crippen molar-refractivity contribution >= 4 is 5.69 Å². The average molecular weight is 297 g/mol. The second-order valence-electron chi connectivity index (χ2n) is 6.57. The fourth-order valence-electron chi connectivity index (χ4n) is 3.82. The number of aryl methyl sites for hydroxylation is 2. The predicted octanol–water partition coefficient (Wildman–Crippen LogP) is 3.68. The molecule has 116 valence electrons. The Balaban J connectivity index is 1.56. The van der Waals surface area contributed by atoms with Crippen LogP contribution in [0.1, 0.15) is 47.6 Å². The largest absolute Gasteiger partial charge is 0.362 e. The van der Waals surface area contributed by atoms with Gasteiger partial charge >= 0.3 is 0 Å². The van der Waals surface area contributed by atoms with Crippen molar-refractivity contribution in [1.82, 2.24) is 10.2 Å². The van der Waals surface area contributed by atoms with Gasteiger partial charge in [0.2, 0.25) is 0 Å². The van der Waals surface area contributed by atoms with Crippen LogP contribution in [0.25, 0.3) is 0 Å². The number of aromatic nitrogens is 1. The molecule has 2 heterocycles. The standard InChI is InChI=1S/C18H23N3O/c1-13-5-4-6-14-7-8-15(11-16(13)14)18-17(12-22-20-18)19-21-9-2-3-10-21/h4-6,12,15,19H,2-3,7-11H2,1H3. The zero-order chi connectivity index (χ0) is 14.9. The third-order valence-electron chi connectivity index (χ3n) is 5.09. The topological polar surface area (TPSA) is 41.3 Å². The van der Waals surface area contributed by atoms with E-state index in [0.717, 1.165) is 43.7 Å². The zero-order valence-corrected chi connectivity index (χ0v) is 13.1. The lowest BCUT2D eigenvalue weighted by molar-refractivity contribution is 0.398. The van der Waals surface area contributed by atoms with Crippen molar-refractivity contribution in [2.45, 2.75) is 44.9 Å². The van der Waals surface area contributed by atoms with E-state index in [2.05, 4.69) is 40.7 Å². The molecular weight excluding hydrogens is 274 g/mol. The Hall–Kier alpha value is -1.81. The summed E-state index contributed by atoms with van der Waals surface area (Å²) in [5.41, 5.74) is 10.1. The van der Waals surface area contributed by atoms with E-state index in [0.29, 0.717) is 5.92 Å². The van der Waals surface area contributed by atoms with Gasteiger partial charge < -0.3 is 9.95 Å². The smallest absolute Gasteiger partial charge is 0.148 e. The van der Waals surface area contributed by atoms with Gasteiger partial charge in [-0.05, 0) is 55.7 Å². The Morgan fingerprint density at radius 1 is 1.27 bits per heavy atom. The van der Waals surface area contributed by atoms with E-state index in [-0.39, 0.29) is 0 Å².